The molecule has 0 fully saturated rings. The number of nitrogens with one attached hydrogen (secondary N) is 3. The summed E-state index contributed by atoms with van der Waals surface area (Å²) in [5.41, 5.74) is 0.0705. The summed E-state index contributed by atoms with van der Waals surface area (Å²) in [4.78, 5) is 34.5. The number of carbonyl (C=O) groups excluding carboxylic acids is 3. The van der Waals surface area contributed by atoms with Crippen LogP contribution in [0.1, 0.15) is 36.6 Å². The molecule has 3 aromatic heterocycles. The van der Waals surface area contributed by atoms with Gasteiger partial charge in [0.05, 0.1) is 34.2 Å². The molecule has 9 rings (SSSR count). The Bertz CT molecular complexity index is 3860. The van der Waals surface area contributed by atoms with Gasteiger partial charge in [-0.2, -0.15) is 18.3 Å². The maximum Gasteiger partial charge on any atom is 0.416 e. The van der Waals surface area contributed by atoms with Crippen molar-refractivity contribution in [3.63, 3.8) is 0 Å². The summed E-state index contributed by atoms with van der Waals surface area (Å²) in [6.45, 7) is 0. The summed E-state index contributed by atoms with van der Waals surface area (Å²) in [6, 6.07) is 22.4. The van der Waals surface area contributed by atoms with E-state index in [0.717, 1.165) is 41.3 Å². The topological polar surface area (TPSA) is 157 Å². The second-order valence-electron chi connectivity index (χ2n) is 16.9. The summed E-state index contributed by atoms with van der Waals surface area (Å²) in [5, 5.41) is 18.0. The lowest BCUT2D eigenvalue weighted by molar-refractivity contribution is -0.137. The Morgan fingerprint density at radius 1 is 0.494 bits per heavy atom. The van der Waals surface area contributed by atoms with Crippen LogP contribution >= 0.6 is 42.0 Å². The van der Waals surface area contributed by atoms with Gasteiger partial charge in [0.2, 0.25) is 5.89 Å². The van der Waals surface area contributed by atoms with Crippen LogP contribution in [-0.4, -0.2) is 42.7 Å². The van der Waals surface area contributed by atoms with E-state index in [1.165, 1.54) is 47.5 Å². The van der Waals surface area contributed by atoms with E-state index < -0.39 is 92.2 Å². The fourth-order valence-electron chi connectivity index (χ4n) is 6.51. The van der Waals surface area contributed by atoms with Gasteiger partial charge in [0.25, 0.3) is 17.7 Å². The van der Waals surface area contributed by atoms with E-state index in [0.29, 0.717) is 52.5 Å². The standard InChI is InChI=1S/C16H9F8N3O2S.C16H10F6N2OS2.C16H12F5N3OS/c17-16(18,19)11-5-1-10(2-6-11)14-26-27-15(29-14)25-13(28)9-3-7-12(8-4-9)30(20,21,22,23)24;17-12-5-1-10(2-6-12)14-9-23-16(26-14)24-15(25)11-3-7-13(8-4-11)27(18,19,20,21)22;17-26(18,19,20,21)15-8-6-12(7-9-15)16(25)23-13-10-22-24(11-13)14-4-2-1-3-5-14/h1-8H,(H,25,27,28);1-9H,(H,23,24,25);1-11H,(H,23,25). The Morgan fingerprint density at radius 2 is 0.928 bits per heavy atom. The average Bonchev–Trinajstić information content (AvgIpc) is 2.84. The van der Waals surface area contributed by atoms with Gasteiger partial charge in [-0.1, -0.05) is 105 Å². The lowest BCUT2D eigenvalue weighted by atomic mass is 10.1. The third-order valence-electron chi connectivity index (χ3n) is 10.5. The van der Waals surface area contributed by atoms with E-state index in [4.69, 9.17) is 4.42 Å². The van der Waals surface area contributed by atoms with Gasteiger partial charge in [0, 0.05) is 28.5 Å². The molecule has 3 amide bonds. The number of benzene rings is 6. The van der Waals surface area contributed by atoms with Gasteiger partial charge in [-0.05, 0) is 127 Å². The SMILES string of the molecule is O=C(Nc1cnn(-c2ccccc2)c1)c1ccc(S(F)(F)(F)(F)F)cc1.O=C(Nc1ncc(-c2ccc(F)cc2)s1)c1ccc(S(F)(F)(F)(F)F)cc1.O=C(Nc1nnc(-c2ccc(C(F)(F)F)cc2)o1)c1ccc(S(F)(F)(F)(F)F)cc1. The fraction of sp³-hybridized carbons (Fsp3) is 0.0208. The molecule has 83 heavy (non-hydrogen) atoms. The van der Waals surface area contributed by atoms with Crippen molar-refractivity contribution in [3.05, 3.63) is 198 Å². The molecule has 0 aliphatic rings. The molecule has 9 aromatic rings. The van der Waals surface area contributed by atoms with Crippen LogP contribution in [0, 0.1) is 5.82 Å². The minimum Gasteiger partial charge on any atom is -0.403 e. The molecule has 0 saturated heterocycles. The molecular formula is C48H31F19N8O4S4. The van der Waals surface area contributed by atoms with Gasteiger partial charge in [-0.25, -0.2) is 14.1 Å². The first-order valence-corrected chi connectivity index (χ1v) is 28.7. The lowest BCUT2D eigenvalue weighted by Gasteiger charge is -2.40. The number of amides is 3. The Hall–Kier alpha value is -8.57. The summed E-state index contributed by atoms with van der Waals surface area (Å²) in [5.74, 6) is -3.23. The molecule has 0 bridgehead atoms. The van der Waals surface area contributed by atoms with Crippen LogP contribution in [0.5, 0.6) is 0 Å². The van der Waals surface area contributed by atoms with Gasteiger partial charge >= 0.3 is 42.9 Å². The molecule has 0 atom stereocenters. The minimum absolute atomic E-state index is 0.0674. The molecule has 0 radical (unpaired) electrons. The molecule has 12 nitrogen and oxygen atoms in total. The number of hydrogen-bond acceptors (Lipinski definition) is 9. The Kier molecular flexibility index (Phi) is 14.8. The Balaban J connectivity index is 0.000000179. The maximum absolute atomic E-state index is 12.9. The van der Waals surface area contributed by atoms with Crippen molar-refractivity contribution in [2.75, 3.05) is 16.0 Å². The number of anilines is 3. The molecule has 3 N–H and O–H groups in total. The molecule has 0 unspecified atom stereocenters. The van der Waals surface area contributed by atoms with Crippen molar-refractivity contribution < 1.29 is 94.6 Å². The highest BCUT2D eigenvalue weighted by Gasteiger charge is 2.67. The van der Waals surface area contributed by atoms with Crippen molar-refractivity contribution in [2.24, 2.45) is 0 Å². The van der Waals surface area contributed by atoms with Crippen LogP contribution in [0.15, 0.2) is 189 Å². The lowest BCUT2D eigenvalue weighted by Crippen LogP contribution is -2.13. The van der Waals surface area contributed by atoms with E-state index in [-0.39, 0.29) is 64.1 Å². The van der Waals surface area contributed by atoms with Crippen molar-refractivity contribution in [3.8, 4) is 27.6 Å². The van der Waals surface area contributed by atoms with Crippen LogP contribution in [0.25, 0.3) is 27.6 Å². The number of alkyl halides is 3. The number of halogens is 19. The van der Waals surface area contributed by atoms with Gasteiger partial charge in [0.15, 0.2) is 5.13 Å². The second kappa shape index (κ2) is 19.8. The first-order valence-electron chi connectivity index (χ1n) is 22.1. The third kappa shape index (κ3) is 17.0. The molecular weight excluding hydrogens is 1240 g/mol. The minimum atomic E-state index is -9.87. The smallest absolute Gasteiger partial charge is 0.403 e. The zero-order chi connectivity index (χ0) is 61.4. The predicted molar refractivity (Wildman–Crippen MR) is 273 cm³/mol. The molecule has 0 saturated carbocycles. The number of hydrogen-bond donors (Lipinski definition) is 3. The average molecular weight is 1270 g/mol. The molecule has 3 heterocycles. The molecule has 0 aliphatic carbocycles. The molecule has 35 heteroatoms. The molecule has 0 spiro atoms. The molecule has 444 valence electrons. The number of carbonyl (C=O) groups is 3. The zero-order valence-electron chi connectivity index (χ0n) is 40.3. The third-order valence-corrected chi connectivity index (χ3v) is 15.0. The second-order valence-corrected chi connectivity index (χ2v) is 25.1. The van der Waals surface area contributed by atoms with Crippen LogP contribution in [-0.2, 0) is 6.18 Å². The zero-order valence-corrected chi connectivity index (χ0v) is 43.6. The Labute approximate surface area is 457 Å². The Morgan fingerprint density at radius 3 is 1.37 bits per heavy atom. The monoisotopic (exact) mass is 1270 g/mol. The summed E-state index contributed by atoms with van der Waals surface area (Å²) < 4.78 is 247. The van der Waals surface area contributed by atoms with Gasteiger partial charge in [-0.15, -0.1) is 5.10 Å². The first kappa shape index (κ1) is 62.0. The van der Waals surface area contributed by atoms with Crippen LogP contribution < -0.4 is 16.0 Å². The molecule has 0 aliphatic heterocycles. The normalized spacial score (nSPS) is 14.4. The highest BCUT2D eigenvalue weighted by atomic mass is 32.5. The molecule has 6 aromatic carbocycles. The number of nitrogens with zero attached hydrogens (tertiary/aromatic N) is 5. The van der Waals surface area contributed by atoms with Crippen molar-refractivity contribution in [1.82, 2.24) is 25.0 Å². The van der Waals surface area contributed by atoms with E-state index in [9.17, 15) is 90.2 Å². The van der Waals surface area contributed by atoms with Crippen LogP contribution in [0.2, 0.25) is 0 Å². The van der Waals surface area contributed by atoms with Crippen molar-refractivity contribution in [2.45, 2.75) is 20.9 Å². The van der Waals surface area contributed by atoms with Gasteiger partial charge < -0.3 is 9.73 Å². The highest BCUT2D eigenvalue weighted by molar-refractivity contribution is 8.46. The maximum atomic E-state index is 12.9. The van der Waals surface area contributed by atoms with Crippen LogP contribution in [0.3, 0.4) is 0 Å². The van der Waals surface area contributed by atoms with Crippen molar-refractivity contribution in [1.29, 1.82) is 0 Å². The predicted octanol–water partition coefficient (Wildman–Crippen LogP) is 19.3. The van der Waals surface area contributed by atoms with E-state index in [2.05, 4.69) is 30.9 Å². The van der Waals surface area contributed by atoms with E-state index in [1.807, 2.05) is 11.4 Å². The number of thiazole rings is 1. The van der Waals surface area contributed by atoms with Gasteiger partial charge in [-0.3, -0.25) is 25.0 Å². The fourth-order valence-corrected chi connectivity index (χ4v) is 9.28. The van der Waals surface area contributed by atoms with Crippen LogP contribution in [0.4, 0.5) is 92.7 Å². The quantitative estimate of drug-likeness (QED) is 0.102. The highest BCUT2D eigenvalue weighted by Crippen LogP contribution is 3.03. The van der Waals surface area contributed by atoms with Gasteiger partial charge in [0.1, 0.15) is 20.5 Å². The summed E-state index contributed by atoms with van der Waals surface area (Å²) in [6.07, 6.45) is -0.241. The number of para-hydroxylation sites is 1. The van der Waals surface area contributed by atoms with E-state index in [1.54, 1.807) is 24.3 Å². The van der Waals surface area contributed by atoms with E-state index >= 15 is 0 Å². The summed E-state index contributed by atoms with van der Waals surface area (Å²) in [7, 11) is -29.4. The number of rotatable bonds is 12. The number of aromatic nitrogens is 5. The summed E-state index contributed by atoms with van der Waals surface area (Å²) >= 11 is 1.06. The van der Waals surface area contributed by atoms with Crippen molar-refractivity contribution >= 4 is 76.6 Å². The largest absolute Gasteiger partial charge is 0.416 e. The first-order chi connectivity index (χ1) is 37.8.